The standard InChI is InChI=1S/C21H28FN3O/c22-18-3-1-2-4-19(18)24-5-7-25(8-6-24)20(26)23-21-12-15-9-16(13-21)11-17(10-15)14-21/h1-4,15-17H,5-14H2,(H,23,26). The molecule has 1 aromatic carbocycles. The number of hydrogen-bond donors (Lipinski definition) is 1. The van der Waals surface area contributed by atoms with Gasteiger partial charge in [-0.25, -0.2) is 9.18 Å². The second-order valence-electron chi connectivity index (χ2n) is 9.05. The second-order valence-corrected chi connectivity index (χ2v) is 9.05. The number of nitrogens with one attached hydrogen (secondary N) is 1. The molecule has 0 atom stereocenters. The van der Waals surface area contributed by atoms with E-state index in [0.717, 1.165) is 17.8 Å². The molecule has 0 radical (unpaired) electrons. The van der Waals surface area contributed by atoms with Gasteiger partial charge in [0.1, 0.15) is 5.82 Å². The topological polar surface area (TPSA) is 35.6 Å². The first-order chi connectivity index (χ1) is 12.6. The number of benzene rings is 1. The highest BCUT2D eigenvalue weighted by Crippen LogP contribution is 2.55. The molecular formula is C21H28FN3O. The van der Waals surface area contributed by atoms with Crippen LogP contribution in [0.5, 0.6) is 0 Å². The van der Waals surface area contributed by atoms with Gasteiger partial charge in [0.25, 0.3) is 0 Å². The summed E-state index contributed by atoms with van der Waals surface area (Å²) in [6, 6.07) is 7.00. The van der Waals surface area contributed by atoms with Crippen molar-refractivity contribution in [3.8, 4) is 0 Å². The van der Waals surface area contributed by atoms with E-state index in [1.54, 1.807) is 6.07 Å². The molecule has 1 aliphatic heterocycles. The SMILES string of the molecule is O=C(NC12CC3CC(CC(C3)C1)C2)N1CCN(c2ccccc2F)CC1. The fourth-order valence-electron chi connectivity index (χ4n) is 6.43. The van der Waals surface area contributed by atoms with Gasteiger partial charge in [0.2, 0.25) is 0 Å². The average molecular weight is 357 g/mol. The number of rotatable bonds is 2. The van der Waals surface area contributed by atoms with Crippen molar-refractivity contribution in [3.63, 3.8) is 0 Å². The number of piperazine rings is 1. The molecule has 5 fully saturated rings. The van der Waals surface area contributed by atoms with Crippen LogP contribution in [0.4, 0.5) is 14.9 Å². The molecule has 1 aromatic rings. The number of carbonyl (C=O) groups excluding carboxylic acids is 1. The van der Waals surface area contributed by atoms with Crippen LogP contribution in [0.2, 0.25) is 0 Å². The predicted octanol–water partition coefficient (Wildman–Crippen LogP) is 3.63. The third kappa shape index (κ3) is 2.85. The predicted molar refractivity (Wildman–Crippen MR) is 99.6 cm³/mol. The number of nitrogens with zero attached hydrogens (tertiary/aromatic N) is 2. The maximum atomic E-state index is 14.0. The van der Waals surface area contributed by atoms with E-state index >= 15 is 0 Å². The smallest absolute Gasteiger partial charge is 0.317 e. The van der Waals surface area contributed by atoms with Crippen LogP contribution in [-0.4, -0.2) is 42.6 Å². The Labute approximate surface area is 154 Å². The molecule has 0 spiro atoms. The average Bonchev–Trinajstić information content (AvgIpc) is 2.61. The highest BCUT2D eigenvalue weighted by molar-refractivity contribution is 5.75. The lowest BCUT2D eigenvalue weighted by atomic mass is 9.53. The second kappa shape index (κ2) is 6.14. The van der Waals surface area contributed by atoms with Gasteiger partial charge in [-0.3, -0.25) is 0 Å². The van der Waals surface area contributed by atoms with E-state index in [1.807, 2.05) is 21.9 Å². The van der Waals surface area contributed by atoms with Crippen molar-refractivity contribution in [1.82, 2.24) is 10.2 Å². The maximum Gasteiger partial charge on any atom is 0.317 e. The molecule has 0 unspecified atom stereocenters. The zero-order chi connectivity index (χ0) is 17.7. The number of hydrogen-bond acceptors (Lipinski definition) is 2. The van der Waals surface area contributed by atoms with Gasteiger partial charge >= 0.3 is 6.03 Å². The molecule has 1 saturated heterocycles. The fraction of sp³-hybridized carbons (Fsp3) is 0.667. The number of amides is 2. The van der Waals surface area contributed by atoms with Crippen molar-refractivity contribution < 1.29 is 9.18 Å². The Morgan fingerprint density at radius 3 is 2.12 bits per heavy atom. The highest BCUT2D eigenvalue weighted by Gasteiger charge is 2.51. The molecule has 6 rings (SSSR count). The van der Waals surface area contributed by atoms with Gasteiger partial charge in [0.15, 0.2) is 0 Å². The first-order valence-corrected chi connectivity index (χ1v) is 10.2. The quantitative estimate of drug-likeness (QED) is 0.877. The van der Waals surface area contributed by atoms with Gasteiger partial charge in [-0.05, 0) is 68.4 Å². The van der Waals surface area contributed by atoms with Crippen LogP contribution in [-0.2, 0) is 0 Å². The summed E-state index contributed by atoms with van der Waals surface area (Å²) in [5, 5.41) is 3.45. The molecule has 4 aliphatic carbocycles. The molecular weight excluding hydrogens is 329 g/mol. The Kier molecular flexibility index (Phi) is 3.87. The molecule has 26 heavy (non-hydrogen) atoms. The number of para-hydroxylation sites is 1. The lowest BCUT2D eigenvalue weighted by Crippen LogP contribution is -2.63. The monoisotopic (exact) mass is 357 g/mol. The van der Waals surface area contributed by atoms with E-state index in [-0.39, 0.29) is 17.4 Å². The highest BCUT2D eigenvalue weighted by atomic mass is 19.1. The molecule has 4 nitrogen and oxygen atoms in total. The largest absolute Gasteiger partial charge is 0.366 e. The van der Waals surface area contributed by atoms with E-state index in [4.69, 9.17) is 0 Å². The first-order valence-electron chi connectivity index (χ1n) is 10.2. The van der Waals surface area contributed by atoms with E-state index in [9.17, 15) is 9.18 Å². The van der Waals surface area contributed by atoms with Crippen molar-refractivity contribution >= 4 is 11.7 Å². The van der Waals surface area contributed by atoms with Crippen LogP contribution in [0.1, 0.15) is 38.5 Å². The summed E-state index contributed by atoms with van der Waals surface area (Å²) < 4.78 is 14.0. The molecule has 1 N–H and O–H groups in total. The van der Waals surface area contributed by atoms with Crippen molar-refractivity contribution in [2.75, 3.05) is 31.1 Å². The molecule has 1 heterocycles. The van der Waals surface area contributed by atoms with Crippen LogP contribution in [0.3, 0.4) is 0 Å². The summed E-state index contributed by atoms with van der Waals surface area (Å²) in [5.74, 6) is 2.32. The summed E-state index contributed by atoms with van der Waals surface area (Å²) in [5.41, 5.74) is 0.711. The van der Waals surface area contributed by atoms with Gasteiger partial charge in [-0.2, -0.15) is 0 Å². The van der Waals surface area contributed by atoms with E-state index < -0.39 is 0 Å². The van der Waals surface area contributed by atoms with Crippen molar-refractivity contribution in [1.29, 1.82) is 0 Å². The van der Waals surface area contributed by atoms with Crippen LogP contribution in [0.25, 0.3) is 0 Å². The van der Waals surface area contributed by atoms with Gasteiger partial charge in [0, 0.05) is 31.7 Å². The lowest BCUT2D eigenvalue weighted by molar-refractivity contribution is -0.0157. The number of urea groups is 1. The normalized spacial score (nSPS) is 35.7. The lowest BCUT2D eigenvalue weighted by Gasteiger charge is -2.57. The van der Waals surface area contributed by atoms with Crippen LogP contribution in [0, 0.1) is 23.6 Å². The van der Waals surface area contributed by atoms with Gasteiger partial charge < -0.3 is 15.1 Å². The summed E-state index contributed by atoms with van der Waals surface area (Å²) in [7, 11) is 0. The summed E-state index contributed by atoms with van der Waals surface area (Å²) in [6.07, 6.45) is 7.70. The first kappa shape index (κ1) is 16.4. The Balaban J connectivity index is 1.21. The minimum Gasteiger partial charge on any atom is -0.366 e. The van der Waals surface area contributed by atoms with Gasteiger partial charge in [0.05, 0.1) is 5.69 Å². The van der Waals surface area contributed by atoms with E-state index in [1.165, 1.54) is 44.6 Å². The van der Waals surface area contributed by atoms with Crippen molar-refractivity contribution in [3.05, 3.63) is 30.1 Å². The fourth-order valence-corrected chi connectivity index (χ4v) is 6.43. The van der Waals surface area contributed by atoms with E-state index in [2.05, 4.69) is 5.32 Å². The molecule has 0 aromatic heterocycles. The number of anilines is 1. The third-order valence-corrected chi connectivity index (χ3v) is 7.17. The zero-order valence-corrected chi connectivity index (χ0v) is 15.3. The van der Waals surface area contributed by atoms with Crippen LogP contribution in [0.15, 0.2) is 24.3 Å². The summed E-state index contributed by atoms with van der Waals surface area (Å²) in [6.45, 7) is 2.70. The third-order valence-electron chi connectivity index (χ3n) is 7.17. The Morgan fingerprint density at radius 2 is 1.54 bits per heavy atom. The van der Waals surface area contributed by atoms with Crippen molar-refractivity contribution in [2.24, 2.45) is 17.8 Å². The molecule has 5 heteroatoms. The van der Waals surface area contributed by atoms with Crippen LogP contribution >= 0.6 is 0 Å². The molecule has 4 saturated carbocycles. The minimum atomic E-state index is -0.182. The molecule has 2 amide bonds. The molecule has 140 valence electrons. The number of carbonyl (C=O) groups is 1. The molecule has 4 bridgehead atoms. The Bertz CT molecular complexity index is 663. The Hall–Kier alpha value is -1.78. The summed E-state index contributed by atoms with van der Waals surface area (Å²) >= 11 is 0. The van der Waals surface area contributed by atoms with Gasteiger partial charge in [-0.15, -0.1) is 0 Å². The number of halogens is 1. The molecule has 5 aliphatic rings. The Morgan fingerprint density at radius 1 is 0.962 bits per heavy atom. The van der Waals surface area contributed by atoms with E-state index in [0.29, 0.717) is 31.9 Å². The van der Waals surface area contributed by atoms with Crippen molar-refractivity contribution in [2.45, 2.75) is 44.1 Å². The van der Waals surface area contributed by atoms with Crippen LogP contribution < -0.4 is 10.2 Å². The van der Waals surface area contributed by atoms with Gasteiger partial charge in [-0.1, -0.05) is 12.1 Å². The minimum absolute atomic E-state index is 0.0640. The maximum absolute atomic E-state index is 14.0. The zero-order valence-electron chi connectivity index (χ0n) is 15.3. The summed E-state index contributed by atoms with van der Waals surface area (Å²) in [4.78, 5) is 16.9.